The van der Waals surface area contributed by atoms with Crippen molar-refractivity contribution in [3.8, 4) is 11.4 Å². The van der Waals surface area contributed by atoms with Gasteiger partial charge in [-0.05, 0) is 18.6 Å². The molecule has 0 unspecified atom stereocenters. The number of aromatic nitrogens is 5. The zero-order chi connectivity index (χ0) is 16.9. The highest BCUT2D eigenvalue weighted by molar-refractivity contribution is 5.56. The minimum Gasteiger partial charge on any atom is -0.354 e. The summed E-state index contributed by atoms with van der Waals surface area (Å²) in [5.41, 5.74) is 2.25. The average Bonchev–Trinajstić information content (AvgIpc) is 2.62. The molecule has 0 fully saturated rings. The van der Waals surface area contributed by atoms with Gasteiger partial charge in [0.05, 0.1) is 18.4 Å². The van der Waals surface area contributed by atoms with Crippen LogP contribution in [0.25, 0.3) is 11.4 Å². The van der Waals surface area contributed by atoms with E-state index in [2.05, 4.69) is 24.9 Å². The molecule has 0 aliphatic heterocycles. The zero-order valence-corrected chi connectivity index (χ0v) is 13.6. The third-order valence-corrected chi connectivity index (χ3v) is 3.59. The van der Waals surface area contributed by atoms with Crippen LogP contribution in [0.5, 0.6) is 0 Å². The van der Waals surface area contributed by atoms with Gasteiger partial charge in [-0.3, -0.25) is 14.8 Å². The van der Waals surface area contributed by atoms with Crippen LogP contribution >= 0.6 is 0 Å². The first-order valence-electron chi connectivity index (χ1n) is 7.68. The van der Waals surface area contributed by atoms with Crippen LogP contribution in [-0.2, 0) is 13.0 Å². The van der Waals surface area contributed by atoms with Crippen molar-refractivity contribution < 1.29 is 0 Å². The second kappa shape index (κ2) is 6.99. The summed E-state index contributed by atoms with van der Waals surface area (Å²) >= 11 is 0. The van der Waals surface area contributed by atoms with E-state index in [1.807, 2.05) is 31.0 Å². The number of H-pyrrole nitrogens is 1. The fourth-order valence-corrected chi connectivity index (χ4v) is 2.31. The Morgan fingerprint density at radius 3 is 2.67 bits per heavy atom. The lowest BCUT2D eigenvalue weighted by atomic mass is 10.2. The first kappa shape index (κ1) is 15.8. The van der Waals surface area contributed by atoms with Crippen LogP contribution in [0, 0.1) is 0 Å². The Morgan fingerprint density at radius 2 is 2.00 bits per heavy atom. The highest BCUT2D eigenvalue weighted by atomic mass is 16.1. The van der Waals surface area contributed by atoms with Crippen molar-refractivity contribution in [3.05, 3.63) is 64.7 Å². The first-order chi connectivity index (χ1) is 11.7. The molecule has 3 aromatic heterocycles. The SMILES string of the molecule is CCc1cc(=O)[nH]c(-c2ccc(N(C)Cc3cnccn3)nc2)n1. The van der Waals surface area contributed by atoms with E-state index in [-0.39, 0.29) is 5.56 Å². The van der Waals surface area contributed by atoms with Crippen molar-refractivity contribution in [2.75, 3.05) is 11.9 Å². The van der Waals surface area contributed by atoms with Gasteiger partial charge in [0.2, 0.25) is 0 Å². The molecular weight excluding hydrogens is 304 g/mol. The van der Waals surface area contributed by atoms with Crippen LogP contribution in [0.4, 0.5) is 5.82 Å². The van der Waals surface area contributed by atoms with Crippen LogP contribution in [-0.4, -0.2) is 32.0 Å². The second-order valence-electron chi connectivity index (χ2n) is 5.40. The maximum absolute atomic E-state index is 11.7. The summed E-state index contributed by atoms with van der Waals surface area (Å²) in [6.07, 6.45) is 7.47. The smallest absolute Gasteiger partial charge is 0.251 e. The molecule has 3 heterocycles. The Kier molecular flexibility index (Phi) is 4.60. The summed E-state index contributed by atoms with van der Waals surface area (Å²) in [5.74, 6) is 1.34. The molecule has 0 saturated heterocycles. The fraction of sp³-hybridized carbons (Fsp3) is 0.235. The maximum atomic E-state index is 11.7. The van der Waals surface area contributed by atoms with Crippen LogP contribution < -0.4 is 10.5 Å². The third kappa shape index (κ3) is 3.62. The van der Waals surface area contributed by atoms with E-state index in [1.165, 1.54) is 6.07 Å². The molecule has 0 aliphatic carbocycles. The molecule has 0 radical (unpaired) electrons. The molecule has 0 atom stereocenters. The van der Waals surface area contributed by atoms with Crippen LogP contribution in [0.15, 0.2) is 47.8 Å². The van der Waals surface area contributed by atoms with E-state index in [0.29, 0.717) is 18.8 Å². The molecule has 0 spiro atoms. The zero-order valence-electron chi connectivity index (χ0n) is 13.6. The molecule has 0 amide bonds. The number of nitrogens with zero attached hydrogens (tertiary/aromatic N) is 5. The topological polar surface area (TPSA) is 87.7 Å². The summed E-state index contributed by atoms with van der Waals surface area (Å²) in [6, 6.07) is 5.30. The van der Waals surface area contributed by atoms with Gasteiger partial charge in [-0.25, -0.2) is 9.97 Å². The van der Waals surface area contributed by atoms with Gasteiger partial charge in [0.15, 0.2) is 0 Å². The predicted octanol–water partition coefficient (Wildman–Crippen LogP) is 1.82. The van der Waals surface area contributed by atoms with Gasteiger partial charge < -0.3 is 9.88 Å². The van der Waals surface area contributed by atoms with Gasteiger partial charge >= 0.3 is 0 Å². The summed E-state index contributed by atoms with van der Waals surface area (Å²) < 4.78 is 0. The molecule has 0 aromatic carbocycles. The standard InChI is InChI=1S/C17H18N6O/c1-3-13-8-16(24)22-17(21-13)12-4-5-15(20-9-12)23(2)11-14-10-18-6-7-19-14/h4-10H,3,11H2,1-2H3,(H,21,22,24). The normalized spacial score (nSPS) is 10.6. The van der Waals surface area contributed by atoms with E-state index < -0.39 is 0 Å². The van der Waals surface area contributed by atoms with Crippen LogP contribution in [0.1, 0.15) is 18.3 Å². The largest absolute Gasteiger partial charge is 0.354 e. The molecule has 3 rings (SSSR count). The molecule has 7 nitrogen and oxygen atoms in total. The van der Waals surface area contributed by atoms with Gasteiger partial charge in [0.1, 0.15) is 11.6 Å². The van der Waals surface area contributed by atoms with E-state index in [1.54, 1.807) is 24.8 Å². The lowest BCUT2D eigenvalue weighted by Crippen LogP contribution is -2.18. The van der Waals surface area contributed by atoms with Gasteiger partial charge in [-0.15, -0.1) is 0 Å². The molecule has 0 aliphatic rings. The quantitative estimate of drug-likeness (QED) is 0.771. The maximum Gasteiger partial charge on any atom is 0.251 e. The van der Waals surface area contributed by atoms with Gasteiger partial charge in [0.25, 0.3) is 5.56 Å². The summed E-state index contributed by atoms with van der Waals surface area (Å²) in [7, 11) is 1.94. The number of hydrogen-bond donors (Lipinski definition) is 1. The van der Waals surface area contributed by atoms with Crippen molar-refractivity contribution in [3.63, 3.8) is 0 Å². The highest BCUT2D eigenvalue weighted by Crippen LogP contribution is 2.17. The Labute approximate surface area is 139 Å². The Balaban J connectivity index is 1.80. The second-order valence-corrected chi connectivity index (χ2v) is 5.40. The lowest BCUT2D eigenvalue weighted by molar-refractivity contribution is 0.856. The van der Waals surface area contributed by atoms with Gasteiger partial charge in [-0.2, -0.15) is 0 Å². The number of anilines is 1. The first-order valence-corrected chi connectivity index (χ1v) is 7.68. The van der Waals surface area contributed by atoms with Crippen molar-refractivity contribution in [1.82, 2.24) is 24.9 Å². The van der Waals surface area contributed by atoms with Crippen molar-refractivity contribution in [1.29, 1.82) is 0 Å². The minimum absolute atomic E-state index is 0.152. The van der Waals surface area contributed by atoms with Crippen molar-refractivity contribution >= 4 is 5.82 Å². The molecule has 122 valence electrons. The van der Waals surface area contributed by atoms with Gasteiger partial charge in [0, 0.05) is 43.0 Å². The molecule has 0 bridgehead atoms. The van der Waals surface area contributed by atoms with E-state index in [0.717, 1.165) is 22.8 Å². The van der Waals surface area contributed by atoms with Crippen molar-refractivity contribution in [2.45, 2.75) is 19.9 Å². The minimum atomic E-state index is -0.152. The number of rotatable bonds is 5. The molecule has 3 aromatic rings. The van der Waals surface area contributed by atoms with E-state index in [9.17, 15) is 4.79 Å². The summed E-state index contributed by atoms with van der Waals surface area (Å²) in [4.78, 5) is 33.6. The van der Waals surface area contributed by atoms with Crippen LogP contribution in [0.3, 0.4) is 0 Å². The molecule has 24 heavy (non-hydrogen) atoms. The molecule has 1 N–H and O–H groups in total. The van der Waals surface area contributed by atoms with Crippen molar-refractivity contribution in [2.24, 2.45) is 0 Å². The summed E-state index contributed by atoms with van der Waals surface area (Å²) in [5, 5.41) is 0. The molecular formula is C17H18N6O. The fourth-order valence-electron chi connectivity index (χ4n) is 2.31. The van der Waals surface area contributed by atoms with Gasteiger partial charge in [-0.1, -0.05) is 6.92 Å². The average molecular weight is 322 g/mol. The Morgan fingerprint density at radius 1 is 1.12 bits per heavy atom. The number of nitrogens with one attached hydrogen (secondary N) is 1. The predicted molar refractivity (Wildman–Crippen MR) is 91.6 cm³/mol. The van der Waals surface area contributed by atoms with Crippen LogP contribution in [0.2, 0.25) is 0 Å². The third-order valence-electron chi connectivity index (χ3n) is 3.59. The monoisotopic (exact) mass is 322 g/mol. The lowest BCUT2D eigenvalue weighted by Gasteiger charge is -2.17. The highest BCUT2D eigenvalue weighted by Gasteiger charge is 2.07. The Hall–Kier alpha value is -3.09. The molecule has 0 saturated carbocycles. The van der Waals surface area contributed by atoms with E-state index >= 15 is 0 Å². The van der Waals surface area contributed by atoms with E-state index in [4.69, 9.17) is 0 Å². The number of pyridine rings is 1. The molecule has 7 heteroatoms. The number of aryl methyl sites for hydroxylation is 1. The number of hydrogen-bond acceptors (Lipinski definition) is 6. The number of aromatic amines is 1. The summed E-state index contributed by atoms with van der Waals surface area (Å²) in [6.45, 7) is 2.58. The Bertz CT molecular complexity index is 860.